The van der Waals surface area contributed by atoms with Gasteiger partial charge in [0.2, 0.25) is 0 Å². The number of unbranched alkanes of at least 4 members (excludes halogenated alkanes) is 4. The average Bonchev–Trinajstić information content (AvgIpc) is 2.38. The van der Waals surface area contributed by atoms with E-state index in [0.717, 1.165) is 37.0 Å². The van der Waals surface area contributed by atoms with Crippen LogP contribution in [0.4, 0.5) is 0 Å². The molecule has 0 rings (SSSR count). The highest BCUT2D eigenvalue weighted by atomic mass is 16.5. The highest BCUT2D eigenvalue weighted by molar-refractivity contribution is 5.91. The van der Waals surface area contributed by atoms with E-state index in [1.165, 1.54) is 12.8 Å². The summed E-state index contributed by atoms with van der Waals surface area (Å²) in [4.78, 5) is 22.4. The first kappa shape index (κ1) is 17.4. The van der Waals surface area contributed by atoms with Gasteiger partial charge in [-0.1, -0.05) is 39.2 Å². The Bertz CT molecular complexity index is 318. The molecule has 0 radical (unpaired) electrons. The van der Waals surface area contributed by atoms with E-state index in [1.807, 2.05) is 0 Å². The number of hydrogen-bond acceptors (Lipinski definition) is 4. The van der Waals surface area contributed by atoms with Gasteiger partial charge < -0.3 is 9.47 Å². The van der Waals surface area contributed by atoms with Crippen LogP contribution in [0.15, 0.2) is 24.3 Å². The smallest absolute Gasteiger partial charge is 0.331 e. The van der Waals surface area contributed by atoms with Crippen LogP contribution in [-0.4, -0.2) is 25.2 Å². The predicted molar refractivity (Wildman–Crippen MR) is 74.6 cm³/mol. The van der Waals surface area contributed by atoms with Gasteiger partial charge in [-0.2, -0.15) is 0 Å². The molecule has 0 saturated carbocycles. The number of carbonyl (C=O) groups is 2. The van der Waals surface area contributed by atoms with Crippen molar-refractivity contribution in [2.75, 3.05) is 13.2 Å². The molecule has 0 aromatic carbocycles. The molecule has 0 fully saturated rings. The third-order valence-corrected chi connectivity index (χ3v) is 2.31. The lowest BCUT2D eigenvalue weighted by Crippen LogP contribution is -2.06. The molecule has 0 atom stereocenters. The zero-order valence-electron chi connectivity index (χ0n) is 11.9. The molecule has 0 bridgehead atoms. The van der Waals surface area contributed by atoms with Crippen molar-refractivity contribution in [2.24, 2.45) is 0 Å². The van der Waals surface area contributed by atoms with Crippen LogP contribution in [0.5, 0.6) is 0 Å². The highest BCUT2D eigenvalue weighted by Crippen LogP contribution is 2.02. The van der Waals surface area contributed by atoms with Crippen molar-refractivity contribution in [2.45, 2.75) is 46.0 Å². The quantitative estimate of drug-likeness (QED) is 0.264. The van der Waals surface area contributed by atoms with Gasteiger partial charge in [-0.25, -0.2) is 9.59 Å². The van der Waals surface area contributed by atoms with Crippen molar-refractivity contribution in [3.05, 3.63) is 24.3 Å². The number of esters is 2. The topological polar surface area (TPSA) is 52.6 Å². The normalized spacial score (nSPS) is 10.4. The second-order valence-corrected chi connectivity index (χ2v) is 4.48. The Labute approximate surface area is 115 Å². The Hall–Kier alpha value is -1.58. The van der Waals surface area contributed by atoms with Gasteiger partial charge in [0.1, 0.15) is 6.61 Å². The molecule has 0 N–H and O–H groups in total. The summed E-state index contributed by atoms with van der Waals surface area (Å²) in [5.41, 5.74) is 0.747. The summed E-state index contributed by atoms with van der Waals surface area (Å²) in [5.74, 6) is -1.08. The minimum absolute atomic E-state index is 0.162. The predicted octanol–water partition coefficient (Wildman–Crippen LogP) is 3.18. The van der Waals surface area contributed by atoms with Crippen LogP contribution < -0.4 is 0 Å². The Balaban J connectivity index is 3.61. The van der Waals surface area contributed by atoms with E-state index in [1.54, 1.807) is 6.92 Å². The number of hydrogen-bond donors (Lipinski definition) is 0. The van der Waals surface area contributed by atoms with Crippen molar-refractivity contribution in [3.8, 4) is 0 Å². The van der Waals surface area contributed by atoms with E-state index >= 15 is 0 Å². The maximum Gasteiger partial charge on any atom is 0.331 e. The van der Waals surface area contributed by atoms with E-state index in [4.69, 9.17) is 9.47 Å². The fourth-order valence-electron chi connectivity index (χ4n) is 1.31. The van der Waals surface area contributed by atoms with E-state index in [-0.39, 0.29) is 6.61 Å². The Kier molecular flexibility index (Phi) is 10.6. The molecule has 0 heterocycles. The average molecular weight is 268 g/mol. The standard InChI is InChI=1S/C15H24O4/c1-4-5-6-7-8-11-18-14(16)9-10-15(17)19-12-13(2)3/h9-10H,2,4-8,11-12H2,1,3H3/b10-9+. The molecule has 0 aliphatic rings. The summed E-state index contributed by atoms with van der Waals surface area (Å²) in [5, 5.41) is 0. The summed E-state index contributed by atoms with van der Waals surface area (Å²) in [6.07, 6.45) is 7.65. The van der Waals surface area contributed by atoms with Crippen LogP contribution in [0.3, 0.4) is 0 Å². The first-order chi connectivity index (χ1) is 9.06. The van der Waals surface area contributed by atoms with Gasteiger partial charge in [0.05, 0.1) is 6.61 Å². The number of ether oxygens (including phenoxy) is 2. The van der Waals surface area contributed by atoms with Crippen LogP contribution >= 0.6 is 0 Å². The van der Waals surface area contributed by atoms with Gasteiger partial charge in [-0.15, -0.1) is 0 Å². The lowest BCUT2D eigenvalue weighted by molar-refractivity contribution is -0.140. The molecule has 19 heavy (non-hydrogen) atoms. The zero-order chi connectivity index (χ0) is 14.5. The van der Waals surface area contributed by atoms with Crippen molar-refractivity contribution in [3.63, 3.8) is 0 Å². The fourth-order valence-corrected chi connectivity index (χ4v) is 1.31. The molecule has 0 spiro atoms. The van der Waals surface area contributed by atoms with E-state index in [9.17, 15) is 9.59 Å². The van der Waals surface area contributed by atoms with Gasteiger partial charge in [-0.3, -0.25) is 0 Å². The van der Waals surface area contributed by atoms with Crippen LogP contribution in [-0.2, 0) is 19.1 Å². The van der Waals surface area contributed by atoms with Crippen LogP contribution in [0.25, 0.3) is 0 Å². The molecule has 0 saturated heterocycles. The second-order valence-electron chi connectivity index (χ2n) is 4.48. The first-order valence-electron chi connectivity index (χ1n) is 6.72. The summed E-state index contributed by atoms with van der Waals surface area (Å²) >= 11 is 0. The van der Waals surface area contributed by atoms with Gasteiger partial charge in [0.25, 0.3) is 0 Å². The molecule has 0 unspecified atom stereocenters. The van der Waals surface area contributed by atoms with Crippen molar-refractivity contribution < 1.29 is 19.1 Å². The largest absolute Gasteiger partial charge is 0.463 e. The minimum atomic E-state index is -0.567. The summed E-state index contributed by atoms with van der Waals surface area (Å²) < 4.78 is 9.74. The minimum Gasteiger partial charge on any atom is -0.463 e. The molecule has 4 nitrogen and oxygen atoms in total. The van der Waals surface area contributed by atoms with E-state index in [2.05, 4.69) is 13.5 Å². The first-order valence-corrected chi connectivity index (χ1v) is 6.72. The Morgan fingerprint density at radius 2 is 1.58 bits per heavy atom. The Morgan fingerprint density at radius 1 is 1.00 bits per heavy atom. The molecule has 0 aliphatic heterocycles. The van der Waals surface area contributed by atoms with Crippen molar-refractivity contribution in [1.82, 2.24) is 0 Å². The Morgan fingerprint density at radius 3 is 2.16 bits per heavy atom. The third-order valence-electron chi connectivity index (χ3n) is 2.31. The maximum atomic E-state index is 11.2. The van der Waals surface area contributed by atoms with Crippen LogP contribution in [0.2, 0.25) is 0 Å². The molecule has 0 aromatic rings. The van der Waals surface area contributed by atoms with Gasteiger partial charge in [-0.05, 0) is 18.9 Å². The lowest BCUT2D eigenvalue weighted by Gasteiger charge is -2.02. The second kappa shape index (κ2) is 11.5. The van der Waals surface area contributed by atoms with Crippen molar-refractivity contribution in [1.29, 1.82) is 0 Å². The SMILES string of the molecule is C=C(C)COC(=O)/C=C/C(=O)OCCCCCCC. The third kappa shape index (κ3) is 12.7. The maximum absolute atomic E-state index is 11.2. The highest BCUT2D eigenvalue weighted by Gasteiger charge is 2.01. The summed E-state index contributed by atoms with van der Waals surface area (Å²) in [7, 11) is 0. The monoisotopic (exact) mass is 268 g/mol. The number of rotatable bonds is 10. The van der Waals surface area contributed by atoms with Crippen molar-refractivity contribution >= 4 is 11.9 Å². The van der Waals surface area contributed by atoms with E-state index < -0.39 is 11.9 Å². The van der Waals surface area contributed by atoms with Gasteiger partial charge in [0.15, 0.2) is 0 Å². The molecular formula is C15H24O4. The molecule has 108 valence electrons. The lowest BCUT2D eigenvalue weighted by atomic mass is 10.2. The van der Waals surface area contributed by atoms with E-state index in [0.29, 0.717) is 6.61 Å². The number of carbonyl (C=O) groups excluding carboxylic acids is 2. The molecule has 0 aliphatic carbocycles. The molecule has 0 aromatic heterocycles. The summed E-state index contributed by atoms with van der Waals surface area (Å²) in [6, 6.07) is 0. The molecular weight excluding hydrogens is 244 g/mol. The van der Waals surface area contributed by atoms with Gasteiger partial charge >= 0.3 is 11.9 Å². The fraction of sp³-hybridized carbons (Fsp3) is 0.600. The molecule has 4 heteroatoms. The zero-order valence-corrected chi connectivity index (χ0v) is 11.9. The van der Waals surface area contributed by atoms with Crippen LogP contribution in [0.1, 0.15) is 46.0 Å². The molecule has 0 amide bonds. The summed E-state index contributed by atoms with van der Waals surface area (Å²) in [6.45, 7) is 8.06. The van der Waals surface area contributed by atoms with Gasteiger partial charge in [0, 0.05) is 12.2 Å². The van der Waals surface area contributed by atoms with Crippen LogP contribution in [0, 0.1) is 0 Å².